The van der Waals surface area contributed by atoms with E-state index in [0.29, 0.717) is 44.6 Å². The molecule has 2 heterocycles. The number of aliphatic hydroxyl groups excluding tert-OH is 3. The van der Waals surface area contributed by atoms with Crippen LogP contribution in [0.1, 0.15) is 65.0 Å². The Labute approximate surface area is 241 Å². The summed E-state index contributed by atoms with van der Waals surface area (Å²) in [6.45, 7) is 8.34. The number of carbonyl (C=O) groups is 3. The Balaban J connectivity index is 1.71. The third kappa shape index (κ3) is 9.37. The minimum absolute atomic E-state index is 0.00489. The molecular weight excluding hydrogens is 534 g/mol. The molecule has 1 aromatic rings. The minimum atomic E-state index is -1.43. The summed E-state index contributed by atoms with van der Waals surface area (Å²) >= 11 is 0. The highest BCUT2D eigenvalue weighted by Gasteiger charge is 2.43. The number of hydrogen-bond donors (Lipinski definition) is 5. The molecule has 2 aliphatic heterocycles. The quantitative estimate of drug-likeness (QED) is 0.302. The van der Waals surface area contributed by atoms with Crippen LogP contribution < -0.4 is 15.4 Å². The average molecular weight is 580 g/mol. The summed E-state index contributed by atoms with van der Waals surface area (Å²) in [5.41, 5.74) is 0.814. The van der Waals surface area contributed by atoms with E-state index in [-0.39, 0.29) is 36.7 Å². The van der Waals surface area contributed by atoms with E-state index in [1.54, 1.807) is 36.1 Å². The van der Waals surface area contributed by atoms with Crippen LogP contribution in [0.2, 0.25) is 0 Å². The molecule has 5 N–H and O–H groups in total. The normalized spacial score (nSPS) is 31.0. The largest absolute Gasteiger partial charge is 0.462 e. The molecule has 0 spiro atoms. The summed E-state index contributed by atoms with van der Waals surface area (Å²) in [5, 5.41) is 36.5. The van der Waals surface area contributed by atoms with Crippen LogP contribution in [0, 0.1) is 5.92 Å². The average Bonchev–Trinajstić information content (AvgIpc) is 2.96. The van der Waals surface area contributed by atoms with Crippen molar-refractivity contribution < 1.29 is 43.9 Å². The van der Waals surface area contributed by atoms with E-state index in [1.165, 1.54) is 6.92 Å². The zero-order valence-corrected chi connectivity index (χ0v) is 24.3. The highest BCUT2D eigenvalue weighted by Crippen LogP contribution is 2.26. The molecule has 1 aromatic carbocycles. The van der Waals surface area contributed by atoms with Crippen LogP contribution in [0.5, 0.6) is 5.75 Å². The maximum atomic E-state index is 13.0. The van der Waals surface area contributed by atoms with Crippen molar-refractivity contribution in [1.82, 2.24) is 15.5 Å². The summed E-state index contributed by atoms with van der Waals surface area (Å²) in [7, 11) is 0. The molecule has 12 heteroatoms. The Hall–Kier alpha value is -2.77. The van der Waals surface area contributed by atoms with Crippen molar-refractivity contribution in [3.63, 3.8) is 0 Å². The Morgan fingerprint density at radius 1 is 1.12 bits per heavy atom. The summed E-state index contributed by atoms with van der Waals surface area (Å²) < 4.78 is 16.8. The maximum Gasteiger partial charge on any atom is 0.302 e. The van der Waals surface area contributed by atoms with Gasteiger partial charge < -0.3 is 45.1 Å². The number of amides is 2. The summed E-state index contributed by atoms with van der Waals surface area (Å²) in [6.07, 6.45) is -4.53. The first-order chi connectivity index (χ1) is 19.5. The molecule has 0 unspecified atom stereocenters. The molecule has 2 saturated heterocycles. The van der Waals surface area contributed by atoms with Gasteiger partial charge in [-0.15, -0.1) is 0 Å². The fraction of sp³-hybridized carbons (Fsp3) is 0.690. The van der Waals surface area contributed by atoms with Gasteiger partial charge in [-0.25, -0.2) is 0 Å². The van der Waals surface area contributed by atoms with Gasteiger partial charge in [-0.1, -0.05) is 26.0 Å². The van der Waals surface area contributed by atoms with Gasteiger partial charge in [0.1, 0.15) is 30.2 Å². The first kappa shape index (κ1) is 32.7. The fourth-order valence-electron chi connectivity index (χ4n) is 4.95. The zero-order chi connectivity index (χ0) is 30.1. The van der Waals surface area contributed by atoms with Crippen LogP contribution in [0.25, 0.3) is 0 Å². The lowest BCUT2D eigenvalue weighted by Crippen LogP contribution is -2.58. The Morgan fingerprint density at radius 2 is 1.83 bits per heavy atom. The summed E-state index contributed by atoms with van der Waals surface area (Å²) in [5.74, 6) is -0.323. The van der Waals surface area contributed by atoms with Gasteiger partial charge in [-0.05, 0) is 50.4 Å². The van der Waals surface area contributed by atoms with Crippen molar-refractivity contribution in [2.24, 2.45) is 5.92 Å². The van der Waals surface area contributed by atoms with Gasteiger partial charge in [-0.2, -0.15) is 0 Å². The first-order valence-corrected chi connectivity index (χ1v) is 14.4. The minimum Gasteiger partial charge on any atom is -0.462 e. The second kappa shape index (κ2) is 15.5. The van der Waals surface area contributed by atoms with Crippen molar-refractivity contribution in [2.75, 3.05) is 26.2 Å². The first-order valence-electron chi connectivity index (χ1n) is 14.4. The third-order valence-corrected chi connectivity index (χ3v) is 7.62. The molecule has 0 aromatic heterocycles. The van der Waals surface area contributed by atoms with Gasteiger partial charge in [0, 0.05) is 38.4 Å². The zero-order valence-electron chi connectivity index (χ0n) is 24.3. The number of aliphatic hydroxyl groups is 3. The number of benzene rings is 1. The van der Waals surface area contributed by atoms with Gasteiger partial charge in [0.25, 0.3) is 0 Å². The fourth-order valence-corrected chi connectivity index (χ4v) is 4.95. The summed E-state index contributed by atoms with van der Waals surface area (Å²) in [4.78, 5) is 39.3. The Bertz CT molecular complexity index is 1010. The Morgan fingerprint density at radius 3 is 2.49 bits per heavy atom. The van der Waals surface area contributed by atoms with Crippen molar-refractivity contribution in [3.05, 3.63) is 29.8 Å². The topological polar surface area (TPSA) is 167 Å². The van der Waals surface area contributed by atoms with Crippen molar-refractivity contribution >= 4 is 17.8 Å². The van der Waals surface area contributed by atoms with Crippen LogP contribution in [-0.4, -0.2) is 101 Å². The second-order valence-electron chi connectivity index (χ2n) is 10.9. The molecule has 12 nitrogen and oxygen atoms in total. The van der Waals surface area contributed by atoms with Crippen LogP contribution >= 0.6 is 0 Å². The van der Waals surface area contributed by atoms with Gasteiger partial charge >= 0.3 is 5.97 Å². The number of ether oxygens (including phenoxy) is 3. The number of rotatable bonds is 6. The van der Waals surface area contributed by atoms with E-state index < -0.39 is 42.8 Å². The van der Waals surface area contributed by atoms with Gasteiger partial charge in [0.15, 0.2) is 0 Å². The molecule has 0 bridgehead atoms. The molecular formula is C29H45N3O9. The van der Waals surface area contributed by atoms with E-state index in [2.05, 4.69) is 10.6 Å². The number of nitrogens with zero attached hydrogens (tertiary/aromatic N) is 1. The molecule has 0 radical (unpaired) electrons. The Kier molecular flexibility index (Phi) is 12.3. The third-order valence-electron chi connectivity index (χ3n) is 7.62. The van der Waals surface area contributed by atoms with Crippen LogP contribution in [-0.2, 0) is 23.9 Å². The molecule has 2 fully saturated rings. The van der Waals surface area contributed by atoms with Crippen molar-refractivity contribution in [2.45, 2.75) is 96.2 Å². The maximum absolute atomic E-state index is 13.0. The van der Waals surface area contributed by atoms with Gasteiger partial charge in [0.05, 0.1) is 12.6 Å². The molecule has 2 amide bonds. The van der Waals surface area contributed by atoms with E-state index in [9.17, 15) is 29.7 Å². The van der Waals surface area contributed by atoms with E-state index >= 15 is 0 Å². The molecule has 0 saturated carbocycles. The molecule has 3 rings (SSSR count). The monoisotopic (exact) mass is 579 g/mol. The predicted octanol–water partition coefficient (Wildman–Crippen LogP) is 0.630. The SMILES string of the molecule is CC[C@H](C)C(=O)N1CCCNC(=O)C[C@@H](c2ccc(O[C@@H]3O[C@@H](C)[C@H](O)[C@@H](O)[C@H]3O)cc2)NCC[C@@H](OC(C)=O)C1. The lowest BCUT2D eigenvalue weighted by atomic mass is 10.00. The predicted molar refractivity (Wildman–Crippen MR) is 149 cm³/mol. The lowest BCUT2D eigenvalue weighted by molar-refractivity contribution is -0.268. The van der Waals surface area contributed by atoms with Gasteiger partial charge in [-0.3, -0.25) is 14.4 Å². The molecule has 0 aliphatic carbocycles. The number of nitrogens with one attached hydrogen (secondary N) is 2. The number of carbonyl (C=O) groups excluding carboxylic acids is 3. The van der Waals surface area contributed by atoms with Crippen LogP contribution in [0.15, 0.2) is 24.3 Å². The van der Waals surface area contributed by atoms with Crippen LogP contribution in [0.4, 0.5) is 0 Å². The highest BCUT2D eigenvalue weighted by molar-refractivity contribution is 5.78. The van der Waals surface area contributed by atoms with E-state index in [4.69, 9.17) is 14.2 Å². The second-order valence-corrected chi connectivity index (χ2v) is 10.9. The molecule has 230 valence electrons. The van der Waals surface area contributed by atoms with E-state index in [0.717, 1.165) is 5.56 Å². The number of hydrogen-bond acceptors (Lipinski definition) is 10. The van der Waals surface area contributed by atoms with Crippen molar-refractivity contribution in [1.29, 1.82) is 0 Å². The number of esters is 1. The molecule has 41 heavy (non-hydrogen) atoms. The van der Waals surface area contributed by atoms with Crippen LogP contribution in [0.3, 0.4) is 0 Å². The smallest absolute Gasteiger partial charge is 0.302 e. The lowest BCUT2D eigenvalue weighted by Gasteiger charge is -2.38. The summed E-state index contributed by atoms with van der Waals surface area (Å²) in [6, 6.07) is 6.58. The molecule has 8 atom stereocenters. The molecule has 2 aliphatic rings. The van der Waals surface area contributed by atoms with E-state index in [1.807, 2.05) is 13.8 Å². The highest BCUT2D eigenvalue weighted by atomic mass is 16.7. The standard InChI is InChI=1S/C29H45N3O9/c1-5-17(2)28(38)32-14-6-12-31-24(34)15-23(30-13-11-22(16-32)40-19(4)33)20-7-9-21(10-8-20)41-29-27(37)26(36)25(35)18(3)39-29/h7-10,17-18,22-23,25-27,29-30,35-37H,5-6,11-16H2,1-4H3,(H,31,34)/t17-,18-,22+,23-,25-,26+,27+,29-/m0/s1. The van der Waals surface area contributed by atoms with Gasteiger partial charge in [0.2, 0.25) is 18.1 Å². The van der Waals surface area contributed by atoms with Crippen molar-refractivity contribution in [3.8, 4) is 5.75 Å².